The van der Waals surface area contributed by atoms with Gasteiger partial charge in [-0.1, -0.05) is 12.1 Å². The minimum atomic E-state index is -0.513. The highest BCUT2D eigenvalue weighted by Gasteiger charge is 2.08. The van der Waals surface area contributed by atoms with Crippen molar-refractivity contribution in [2.45, 2.75) is 0 Å². The van der Waals surface area contributed by atoms with Gasteiger partial charge >= 0.3 is 0 Å². The maximum absolute atomic E-state index is 13.1. The van der Waals surface area contributed by atoms with E-state index in [-0.39, 0.29) is 5.82 Å². The third-order valence-corrected chi connectivity index (χ3v) is 2.91. The van der Waals surface area contributed by atoms with E-state index in [9.17, 15) is 9.18 Å². The first kappa shape index (κ1) is 8.19. The number of primary amides is 1. The number of fused-ring (bicyclic) bond motifs is 1. The Bertz CT molecular complexity index is 477. The summed E-state index contributed by atoms with van der Waals surface area (Å²) in [5.41, 5.74) is 5.08. The lowest BCUT2D eigenvalue weighted by Gasteiger charge is -1.87. The smallest absolute Gasteiger partial charge is 0.258 e. The van der Waals surface area contributed by atoms with Gasteiger partial charge in [-0.05, 0) is 17.5 Å². The number of carbonyl (C=O) groups excluding carboxylic acids is 1. The Morgan fingerprint density at radius 2 is 2.23 bits per heavy atom. The van der Waals surface area contributed by atoms with Gasteiger partial charge in [0.2, 0.25) is 0 Å². The topological polar surface area (TPSA) is 43.1 Å². The molecule has 0 aliphatic rings. The SMILES string of the molecule is NC(=O)c1cc2cccc(F)c2s1. The van der Waals surface area contributed by atoms with Crippen LogP contribution in [0.15, 0.2) is 24.3 Å². The second kappa shape index (κ2) is 2.81. The Kier molecular flexibility index (Phi) is 1.77. The highest BCUT2D eigenvalue weighted by atomic mass is 32.1. The maximum Gasteiger partial charge on any atom is 0.258 e. The van der Waals surface area contributed by atoms with Crippen LogP contribution in [-0.2, 0) is 0 Å². The summed E-state index contributed by atoms with van der Waals surface area (Å²) in [5, 5.41) is 0.721. The predicted molar refractivity (Wildman–Crippen MR) is 50.3 cm³/mol. The van der Waals surface area contributed by atoms with Crippen LogP contribution in [0.2, 0.25) is 0 Å². The first-order valence-corrected chi connectivity index (χ1v) is 4.48. The number of hydrogen-bond acceptors (Lipinski definition) is 2. The summed E-state index contributed by atoms with van der Waals surface area (Å²) in [6.45, 7) is 0. The molecule has 1 aromatic heterocycles. The first-order valence-electron chi connectivity index (χ1n) is 3.66. The van der Waals surface area contributed by atoms with E-state index in [4.69, 9.17) is 5.73 Å². The van der Waals surface area contributed by atoms with Crippen LogP contribution in [0, 0.1) is 5.82 Å². The molecule has 1 aromatic carbocycles. The van der Waals surface area contributed by atoms with Crippen LogP contribution in [0.5, 0.6) is 0 Å². The van der Waals surface area contributed by atoms with Crippen molar-refractivity contribution >= 4 is 27.3 Å². The number of carbonyl (C=O) groups is 1. The second-order valence-corrected chi connectivity index (χ2v) is 3.69. The van der Waals surface area contributed by atoms with Crippen molar-refractivity contribution in [3.05, 3.63) is 35.0 Å². The van der Waals surface area contributed by atoms with Gasteiger partial charge in [0.25, 0.3) is 5.91 Å². The van der Waals surface area contributed by atoms with Crippen molar-refractivity contribution in [3.8, 4) is 0 Å². The number of amides is 1. The molecule has 66 valence electrons. The molecule has 0 aliphatic carbocycles. The molecular weight excluding hydrogens is 189 g/mol. The molecule has 0 unspecified atom stereocenters. The molecular formula is C9H6FNOS. The summed E-state index contributed by atoms with van der Waals surface area (Å²) in [6, 6.07) is 6.32. The molecule has 2 N–H and O–H groups in total. The number of nitrogens with two attached hydrogens (primary N) is 1. The van der Waals surface area contributed by atoms with Crippen LogP contribution in [0.1, 0.15) is 9.67 Å². The van der Waals surface area contributed by atoms with Gasteiger partial charge in [-0.25, -0.2) is 4.39 Å². The van der Waals surface area contributed by atoms with E-state index in [1.807, 2.05) is 0 Å². The van der Waals surface area contributed by atoms with Crippen molar-refractivity contribution < 1.29 is 9.18 Å². The third kappa shape index (κ3) is 1.29. The molecule has 0 fully saturated rings. The minimum Gasteiger partial charge on any atom is -0.365 e. The lowest BCUT2D eigenvalue weighted by molar-refractivity contribution is 0.100. The third-order valence-electron chi connectivity index (χ3n) is 1.74. The van der Waals surface area contributed by atoms with Crippen molar-refractivity contribution in [2.24, 2.45) is 5.73 Å². The molecule has 0 bridgehead atoms. The standard InChI is InChI=1S/C9H6FNOS/c10-6-3-1-2-5-4-7(9(11)12)13-8(5)6/h1-4H,(H2,11,12). The quantitative estimate of drug-likeness (QED) is 0.744. The molecule has 0 atom stereocenters. The van der Waals surface area contributed by atoms with E-state index in [0.29, 0.717) is 9.58 Å². The summed E-state index contributed by atoms with van der Waals surface area (Å²) >= 11 is 1.08. The van der Waals surface area contributed by atoms with Crippen molar-refractivity contribution in [2.75, 3.05) is 0 Å². The number of thiophene rings is 1. The molecule has 4 heteroatoms. The van der Waals surface area contributed by atoms with Crippen molar-refractivity contribution in [1.29, 1.82) is 0 Å². The number of hydrogen-bond donors (Lipinski definition) is 1. The number of rotatable bonds is 1. The van der Waals surface area contributed by atoms with E-state index in [1.54, 1.807) is 18.2 Å². The Morgan fingerprint density at radius 1 is 1.46 bits per heavy atom. The molecule has 13 heavy (non-hydrogen) atoms. The largest absolute Gasteiger partial charge is 0.365 e. The Morgan fingerprint density at radius 3 is 2.85 bits per heavy atom. The Balaban J connectivity index is 2.75. The highest BCUT2D eigenvalue weighted by Crippen LogP contribution is 2.27. The molecule has 2 aromatic rings. The fraction of sp³-hybridized carbons (Fsp3) is 0. The van der Waals surface area contributed by atoms with Crippen LogP contribution >= 0.6 is 11.3 Å². The van der Waals surface area contributed by atoms with Gasteiger partial charge < -0.3 is 5.73 Å². The van der Waals surface area contributed by atoms with Gasteiger partial charge in [-0.15, -0.1) is 11.3 Å². The zero-order valence-corrected chi connectivity index (χ0v) is 7.40. The van der Waals surface area contributed by atoms with E-state index in [1.165, 1.54) is 6.07 Å². The summed E-state index contributed by atoms with van der Waals surface area (Å²) in [6.07, 6.45) is 0. The molecule has 1 amide bonds. The summed E-state index contributed by atoms with van der Waals surface area (Å²) in [5.74, 6) is -0.824. The first-order chi connectivity index (χ1) is 6.18. The van der Waals surface area contributed by atoms with Crippen LogP contribution < -0.4 is 5.73 Å². The summed E-state index contributed by atoms with van der Waals surface area (Å²) in [7, 11) is 0. The second-order valence-electron chi connectivity index (χ2n) is 2.63. The molecule has 0 aliphatic heterocycles. The normalized spacial score (nSPS) is 10.5. The molecule has 0 saturated heterocycles. The van der Waals surface area contributed by atoms with Crippen LogP contribution in [0.4, 0.5) is 4.39 Å². The van der Waals surface area contributed by atoms with Gasteiger partial charge in [0.1, 0.15) is 5.82 Å². The minimum absolute atomic E-state index is 0.310. The van der Waals surface area contributed by atoms with Crippen molar-refractivity contribution in [3.63, 3.8) is 0 Å². The predicted octanol–water partition coefficient (Wildman–Crippen LogP) is 2.14. The van der Waals surface area contributed by atoms with E-state index >= 15 is 0 Å². The fourth-order valence-corrected chi connectivity index (χ4v) is 2.07. The van der Waals surface area contributed by atoms with Gasteiger partial charge in [-0.3, -0.25) is 4.79 Å². The van der Waals surface area contributed by atoms with E-state index < -0.39 is 5.91 Å². The Hall–Kier alpha value is -1.42. The Labute approximate surface area is 77.8 Å². The average Bonchev–Trinajstić information content (AvgIpc) is 2.49. The van der Waals surface area contributed by atoms with Gasteiger partial charge in [-0.2, -0.15) is 0 Å². The zero-order valence-electron chi connectivity index (χ0n) is 6.58. The van der Waals surface area contributed by atoms with E-state index in [0.717, 1.165) is 16.7 Å². The van der Waals surface area contributed by atoms with Crippen LogP contribution in [0.25, 0.3) is 10.1 Å². The lowest BCUT2D eigenvalue weighted by atomic mass is 10.2. The average molecular weight is 195 g/mol. The fourth-order valence-electron chi connectivity index (χ4n) is 1.15. The molecule has 1 heterocycles. The van der Waals surface area contributed by atoms with E-state index in [2.05, 4.69) is 0 Å². The molecule has 2 rings (SSSR count). The highest BCUT2D eigenvalue weighted by molar-refractivity contribution is 7.20. The summed E-state index contributed by atoms with van der Waals surface area (Å²) < 4.78 is 13.6. The number of benzene rings is 1. The maximum atomic E-state index is 13.1. The molecule has 2 nitrogen and oxygen atoms in total. The number of halogens is 1. The van der Waals surface area contributed by atoms with Gasteiger partial charge in [0, 0.05) is 0 Å². The zero-order chi connectivity index (χ0) is 9.42. The lowest BCUT2D eigenvalue weighted by Crippen LogP contribution is -2.07. The van der Waals surface area contributed by atoms with Crippen LogP contribution in [-0.4, -0.2) is 5.91 Å². The molecule has 0 saturated carbocycles. The van der Waals surface area contributed by atoms with Crippen LogP contribution in [0.3, 0.4) is 0 Å². The van der Waals surface area contributed by atoms with Gasteiger partial charge in [0.05, 0.1) is 9.58 Å². The monoisotopic (exact) mass is 195 g/mol. The molecule has 0 radical (unpaired) electrons. The molecule has 0 spiro atoms. The summed E-state index contributed by atoms with van der Waals surface area (Å²) in [4.78, 5) is 11.2. The van der Waals surface area contributed by atoms with Gasteiger partial charge in [0.15, 0.2) is 0 Å². The van der Waals surface area contributed by atoms with Crippen molar-refractivity contribution in [1.82, 2.24) is 0 Å².